The summed E-state index contributed by atoms with van der Waals surface area (Å²) < 4.78 is 37.2. The first-order valence-corrected chi connectivity index (χ1v) is 29.5. The number of carboxylic acid groups (broad SMARTS) is 1. The van der Waals surface area contributed by atoms with Gasteiger partial charge in [-0.25, -0.2) is 14.6 Å². The average molecular weight is 1190 g/mol. The Balaban J connectivity index is 0.967. The largest absolute Gasteiger partial charge is 0.495 e. The lowest BCUT2D eigenvalue weighted by molar-refractivity contribution is -0.155. The average Bonchev–Trinajstić information content (AvgIpc) is 2.11. The highest BCUT2D eigenvalue weighted by molar-refractivity contribution is 6.35. The molecule has 1 aromatic heterocycles. The topological polar surface area (TPSA) is 244 Å². The molecule has 3 aromatic rings. The van der Waals surface area contributed by atoms with Crippen LogP contribution in [0.1, 0.15) is 96.2 Å². The van der Waals surface area contributed by atoms with E-state index in [4.69, 9.17) is 45.1 Å². The van der Waals surface area contributed by atoms with Crippen molar-refractivity contribution in [2.75, 3.05) is 92.9 Å². The number of carboxylic acids is 1. The number of ether oxygens (including phenoxy) is 6. The number of aliphatic carboxylic acids is 1. The van der Waals surface area contributed by atoms with E-state index in [1.807, 2.05) is 80.3 Å². The minimum absolute atomic E-state index is 0.0202. The molecule has 4 aliphatic rings. The number of esters is 1. The first-order chi connectivity index (χ1) is 40.2. The van der Waals surface area contributed by atoms with E-state index >= 15 is 0 Å². The van der Waals surface area contributed by atoms with E-state index in [2.05, 4.69) is 33.5 Å². The SMILES string of the molecule is CNN(C)Cc1cc2ccccc2n1CCC(=O)N1CCC(N(CCOCCOCCC(=O)O)C(=O)CCC(=O)N(C)[C@@H](C)C(=O)OC[C@]23CCC(=O)N(C)c4cc(cc(OC)c4Cl)C/C(C)=C/C=C/CC4C[C@H](OC(=O)N4)[C@@H](C)C2O3)CC1. The van der Waals surface area contributed by atoms with Crippen LogP contribution in [0.2, 0.25) is 5.02 Å². The van der Waals surface area contributed by atoms with Gasteiger partial charge in [0.15, 0.2) is 0 Å². The number of hydrazine groups is 1. The maximum atomic E-state index is 14.2. The number of likely N-dealkylation sites (N-methyl/N-ethyl adjacent to an activating group) is 1. The molecular weight excluding hydrogens is 1100 g/mol. The molecule has 0 radical (unpaired) electrons. The number of methoxy groups -OCH3 is 1. The number of carbonyl (C=O) groups excluding carboxylic acids is 6. The quantitative estimate of drug-likeness (QED) is 0.0386. The summed E-state index contributed by atoms with van der Waals surface area (Å²) in [4.78, 5) is 99.9. The fourth-order valence-corrected chi connectivity index (χ4v) is 11.7. The Hall–Kier alpha value is -6.56. The standard InChI is InChI=1S/C61H85ClN8O14/c1-40-13-9-11-15-45-37-50(83-60(78)64-45)41(2)58-61(84-58,24-19-53(72)67(7)49-34-43(33-40)35-51(79-8)57(49)62)39-82-59(77)42(3)66(6)52(71)17-18-55(74)70(28-30-81-32-31-80-29-23-56(75)76)46-20-25-68(26-21-46)54(73)22-27-69-47(38-65(5)63-4)36-44-14-10-12-16-48(44)69/h9-14,16,34-36,41-42,45-46,50,58,63H,15,17-33,37-39H2,1-8H3,(H,64,78)(H,75,76)/b11-9+,40-13+/t41-,42+,45?,50+,58?,61-/m1/s1. The molecule has 0 saturated carbocycles. The second kappa shape index (κ2) is 30.5. The normalized spacial score (nSPS) is 22.7. The third-order valence-electron chi connectivity index (χ3n) is 16.6. The predicted molar refractivity (Wildman–Crippen MR) is 315 cm³/mol. The molecule has 0 spiro atoms. The Morgan fingerprint density at radius 2 is 1.70 bits per heavy atom. The number of aryl methyl sites for hydroxylation is 1. The van der Waals surface area contributed by atoms with Crippen molar-refractivity contribution >= 4 is 69.9 Å². The van der Waals surface area contributed by atoms with E-state index in [1.54, 1.807) is 11.9 Å². The lowest BCUT2D eigenvalue weighted by atomic mass is 9.86. The molecule has 7 rings (SSSR count). The third kappa shape index (κ3) is 17.3. The number of hydrogen-bond donors (Lipinski definition) is 3. The van der Waals surface area contributed by atoms with Crippen molar-refractivity contribution in [1.29, 1.82) is 0 Å². The summed E-state index contributed by atoms with van der Waals surface area (Å²) in [5.74, 6) is -2.62. The number of amides is 5. The molecule has 2 unspecified atom stereocenters. The summed E-state index contributed by atoms with van der Waals surface area (Å²) in [5, 5.41) is 15.2. The molecule has 5 amide bonds. The van der Waals surface area contributed by atoms with Gasteiger partial charge < -0.3 is 63.0 Å². The minimum atomic E-state index is -1.13. The molecule has 3 N–H and O–H groups in total. The van der Waals surface area contributed by atoms with Gasteiger partial charge in [0.2, 0.25) is 23.6 Å². The molecule has 84 heavy (non-hydrogen) atoms. The van der Waals surface area contributed by atoms with Gasteiger partial charge in [-0.15, -0.1) is 0 Å². The zero-order chi connectivity index (χ0) is 60.7. The van der Waals surface area contributed by atoms with Crippen LogP contribution in [0.15, 0.2) is 66.3 Å². The van der Waals surface area contributed by atoms with Gasteiger partial charge in [-0.2, -0.15) is 0 Å². The molecule has 3 saturated heterocycles. The maximum Gasteiger partial charge on any atom is 0.407 e. The summed E-state index contributed by atoms with van der Waals surface area (Å²) in [7, 11) is 8.46. The van der Waals surface area contributed by atoms with Crippen LogP contribution in [-0.2, 0) is 72.0 Å². The van der Waals surface area contributed by atoms with Crippen LogP contribution in [0.4, 0.5) is 10.5 Å². The molecule has 3 fully saturated rings. The molecule has 6 atom stereocenters. The summed E-state index contributed by atoms with van der Waals surface area (Å²) in [6, 6.07) is 12.5. The Bertz CT molecular complexity index is 2870. The predicted octanol–water partition coefficient (Wildman–Crippen LogP) is 6.29. The monoisotopic (exact) mass is 1190 g/mol. The Kier molecular flexibility index (Phi) is 23.6. The first-order valence-electron chi connectivity index (χ1n) is 29.1. The molecule has 2 aromatic carbocycles. The Labute approximate surface area is 497 Å². The number of likely N-dealkylation sites (tertiary alicyclic amines) is 1. The van der Waals surface area contributed by atoms with Crippen molar-refractivity contribution in [2.45, 2.75) is 140 Å². The number of piperidine rings is 1. The molecule has 0 aliphatic carbocycles. The second-order valence-electron chi connectivity index (χ2n) is 22.5. The lowest BCUT2D eigenvalue weighted by Crippen LogP contribution is -2.50. The van der Waals surface area contributed by atoms with E-state index in [1.165, 1.54) is 30.9 Å². The summed E-state index contributed by atoms with van der Waals surface area (Å²) in [6.07, 6.45) is 6.90. The van der Waals surface area contributed by atoms with Crippen LogP contribution in [0.25, 0.3) is 10.9 Å². The molecule has 4 aliphatic heterocycles. The first kappa shape index (κ1) is 65.0. The van der Waals surface area contributed by atoms with Crippen LogP contribution in [0.5, 0.6) is 5.75 Å². The van der Waals surface area contributed by atoms with E-state index < -0.39 is 47.8 Å². The third-order valence-corrected chi connectivity index (χ3v) is 17.0. The van der Waals surface area contributed by atoms with E-state index in [9.17, 15) is 33.6 Å². The van der Waals surface area contributed by atoms with Gasteiger partial charge in [0, 0.05) is 109 Å². The van der Waals surface area contributed by atoms with Gasteiger partial charge in [0.25, 0.3) is 0 Å². The smallest absolute Gasteiger partial charge is 0.407 e. The highest BCUT2D eigenvalue weighted by Crippen LogP contribution is 2.48. The number of para-hydroxylation sites is 1. The number of aromatic nitrogens is 1. The van der Waals surface area contributed by atoms with Gasteiger partial charge in [-0.1, -0.05) is 60.5 Å². The summed E-state index contributed by atoms with van der Waals surface area (Å²) in [5.41, 5.74) is 6.57. The van der Waals surface area contributed by atoms with Crippen LogP contribution < -0.4 is 20.4 Å². The van der Waals surface area contributed by atoms with Crippen molar-refractivity contribution in [1.82, 2.24) is 35.0 Å². The van der Waals surface area contributed by atoms with Gasteiger partial charge >= 0.3 is 18.0 Å². The zero-order valence-corrected chi connectivity index (χ0v) is 50.7. The van der Waals surface area contributed by atoms with Crippen LogP contribution >= 0.6 is 11.6 Å². The van der Waals surface area contributed by atoms with E-state index in [-0.39, 0.29) is 112 Å². The molecule has 22 nitrogen and oxygen atoms in total. The van der Waals surface area contributed by atoms with Crippen molar-refractivity contribution in [3.8, 4) is 5.75 Å². The number of allylic oxidation sites excluding steroid dienone is 3. The van der Waals surface area contributed by atoms with Crippen LogP contribution in [0, 0.1) is 5.92 Å². The van der Waals surface area contributed by atoms with Gasteiger partial charge in [0.05, 0.1) is 58.3 Å². The number of fused-ring (bicyclic) bond motifs is 6. The zero-order valence-electron chi connectivity index (χ0n) is 49.9. The number of carbonyl (C=O) groups is 7. The summed E-state index contributed by atoms with van der Waals surface area (Å²) >= 11 is 6.81. The number of anilines is 1. The highest BCUT2D eigenvalue weighted by Gasteiger charge is 2.61. The molecule has 460 valence electrons. The number of hydrogen-bond acceptors (Lipinski definition) is 15. The number of nitrogens with one attached hydrogen (secondary N) is 2. The van der Waals surface area contributed by atoms with Crippen LogP contribution in [0.3, 0.4) is 0 Å². The number of benzene rings is 2. The number of nitrogens with zero attached hydrogens (tertiary/aromatic N) is 6. The number of halogens is 1. The van der Waals surface area contributed by atoms with Crippen molar-refractivity contribution in [2.24, 2.45) is 5.92 Å². The second-order valence-corrected chi connectivity index (χ2v) is 22.8. The Morgan fingerprint density at radius 1 is 0.976 bits per heavy atom. The Morgan fingerprint density at radius 3 is 2.43 bits per heavy atom. The van der Waals surface area contributed by atoms with Crippen molar-refractivity contribution < 1.29 is 67.1 Å². The number of rotatable bonds is 24. The van der Waals surface area contributed by atoms with Crippen LogP contribution in [-0.4, -0.2) is 195 Å². The van der Waals surface area contributed by atoms with E-state index in [0.29, 0.717) is 76.1 Å². The number of alkyl carbamates (subject to hydrolysis) is 1. The fourth-order valence-electron chi connectivity index (χ4n) is 11.4. The molecule has 23 heteroatoms. The fraction of sp³-hybridized carbons (Fsp3) is 0.590. The summed E-state index contributed by atoms with van der Waals surface area (Å²) in [6.45, 7) is 8.01. The maximum absolute atomic E-state index is 14.2. The van der Waals surface area contributed by atoms with Gasteiger partial charge in [0.1, 0.15) is 35.1 Å². The molecule has 4 bridgehead atoms. The van der Waals surface area contributed by atoms with Crippen molar-refractivity contribution in [3.05, 3.63) is 82.5 Å². The number of epoxide rings is 1. The van der Waals surface area contributed by atoms with E-state index in [0.717, 1.165) is 27.7 Å². The molecule has 5 heterocycles. The minimum Gasteiger partial charge on any atom is -0.495 e. The van der Waals surface area contributed by atoms with Gasteiger partial charge in [-0.05, 0) is 88.2 Å². The highest BCUT2D eigenvalue weighted by atomic mass is 35.5. The molecular formula is C61H85ClN8O14. The van der Waals surface area contributed by atoms with Crippen molar-refractivity contribution in [3.63, 3.8) is 0 Å². The lowest BCUT2D eigenvalue weighted by Gasteiger charge is -2.39. The van der Waals surface area contributed by atoms with Gasteiger partial charge in [-0.3, -0.25) is 29.4 Å².